The molecule has 3 amide bonds. The highest BCUT2D eigenvalue weighted by atomic mass is 16.3. The van der Waals surface area contributed by atoms with Crippen molar-refractivity contribution in [2.24, 2.45) is 28.1 Å². The molecule has 1 aromatic rings. The van der Waals surface area contributed by atoms with Crippen LogP contribution in [0.1, 0.15) is 57.9 Å². The van der Waals surface area contributed by atoms with Crippen LogP contribution < -0.4 is 38.5 Å². The predicted molar refractivity (Wildman–Crippen MR) is 154 cm³/mol. The first-order valence-corrected chi connectivity index (χ1v) is 13.7. The molecule has 2 atom stereocenters. The number of aliphatic hydroxyl groups is 1. The van der Waals surface area contributed by atoms with Crippen LogP contribution in [0.5, 0.6) is 0 Å². The van der Waals surface area contributed by atoms with Gasteiger partial charge in [0.05, 0.1) is 18.3 Å². The van der Waals surface area contributed by atoms with Gasteiger partial charge in [-0.15, -0.1) is 0 Å². The molecule has 12 nitrogen and oxygen atoms in total. The highest BCUT2D eigenvalue weighted by Crippen LogP contribution is 2.14. The van der Waals surface area contributed by atoms with E-state index in [1.54, 1.807) is 12.1 Å². The summed E-state index contributed by atoms with van der Waals surface area (Å²) in [5.41, 5.74) is 18.3. The summed E-state index contributed by atoms with van der Waals surface area (Å²) < 4.78 is 0. The summed E-state index contributed by atoms with van der Waals surface area (Å²) >= 11 is 0. The van der Waals surface area contributed by atoms with Gasteiger partial charge >= 0.3 is 0 Å². The van der Waals surface area contributed by atoms with E-state index in [0.29, 0.717) is 44.0 Å². The van der Waals surface area contributed by atoms with E-state index in [4.69, 9.17) is 17.2 Å². The molecule has 11 N–H and O–H groups in total. The molecule has 0 radical (unpaired) electrons. The quantitative estimate of drug-likeness (QED) is 0.0617. The maximum absolute atomic E-state index is 12.3. The lowest BCUT2D eigenvalue weighted by molar-refractivity contribution is -0.130. The van der Waals surface area contributed by atoms with Gasteiger partial charge in [-0.05, 0) is 75.2 Å². The van der Waals surface area contributed by atoms with Crippen LogP contribution in [0.3, 0.4) is 0 Å². The van der Waals surface area contributed by atoms with Gasteiger partial charge in [-0.2, -0.15) is 0 Å². The molecular formula is C27H48N8O4. The third kappa shape index (κ3) is 16.4. The van der Waals surface area contributed by atoms with Crippen LogP contribution >= 0.6 is 0 Å². The fourth-order valence-electron chi connectivity index (χ4n) is 3.81. The number of benzene rings is 1. The standard InChI is InChI=1S/C27H48N8O4/c1-19(2)17-22(28)25(38)32-16-6-14-31-13-3-4-15-33-26(39)23(18-36)35-24(37)8-5-7-20-9-11-21(12-10-20)34-27(29)30/h9-12,19,22-23,31,36H,3-8,13-18,28H2,1-2H3,(H,32,38)(H,33,39)(H,35,37)(H4,29,30,34)/t22-,23-/m1/s1. The van der Waals surface area contributed by atoms with E-state index in [1.165, 1.54) is 0 Å². The van der Waals surface area contributed by atoms with Crippen molar-refractivity contribution >= 4 is 29.4 Å². The summed E-state index contributed by atoms with van der Waals surface area (Å²) in [5.74, 6) is -0.420. The van der Waals surface area contributed by atoms with E-state index in [-0.39, 0.29) is 24.2 Å². The molecule has 0 heterocycles. The van der Waals surface area contributed by atoms with E-state index in [0.717, 1.165) is 37.9 Å². The first-order valence-electron chi connectivity index (χ1n) is 13.7. The number of unbranched alkanes of at least 4 members (excludes halogenated alkanes) is 1. The van der Waals surface area contributed by atoms with E-state index in [9.17, 15) is 19.5 Å². The number of aryl methyl sites for hydroxylation is 1. The Labute approximate surface area is 231 Å². The summed E-state index contributed by atoms with van der Waals surface area (Å²) in [5, 5.41) is 21.0. The summed E-state index contributed by atoms with van der Waals surface area (Å²) in [6.07, 6.45) is 4.60. The number of carbonyl (C=O) groups excluding carboxylic acids is 3. The fourth-order valence-corrected chi connectivity index (χ4v) is 3.81. The molecule has 12 heteroatoms. The van der Waals surface area contributed by atoms with Gasteiger partial charge in [-0.3, -0.25) is 14.4 Å². The molecule has 0 spiro atoms. The molecule has 0 aliphatic carbocycles. The molecule has 0 aromatic heterocycles. The first-order chi connectivity index (χ1) is 18.6. The van der Waals surface area contributed by atoms with Crippen LogP contribution in [0.2, 0.25) is 0 Å². The summed E-state index contributed by atoms with van der Waals surface area (Å²) in [7, 11) is 0. The number of nitrogens with zero attached hydrogens (tertiary/aromatic N) is 1. The maximum Gasteiger partial charge on any atom is 0.244 e. The maximum atomic E-state index is 12.3. The van der Waals surface area contributed by atoms with Crippen molar-refractivity contribution in [2.45, 2.75) is 70.9 Å². The van der Waals surface area contributed by atoms with Crippen molar-refractivity contribution < 1.29 is 19.5 Å². The van der Waals surface area contributed by atoms with Crippen LogP contribution in [0.15, 0.2) is 29.3 Å². The molecule has 1 rings (SSSR count). The minimum absolute atomic E-state index is 0.00670. The number of carbonyl (C=O) groups is 3. The molecule has 0 saturated carbocycles. The summed E-state index contributed by atoms with van der Waals surface area (Å²) in [4.78, 5) is 40.4. The second-order valence-corrected chi connectivity index (χ2v) is 9.99. The Morgan fingerprint density at radius 2 is 1.51 bits per heavy atom. The van der Waals surface area contributed by atoms with E-state index >= 15 is 0 Å². The van der Waals surface area contributed by atoms with Crippen molar-refractivity contribution in [1.82, 2.24) is 21.3 Å². The minimum atomic E-state index is -0.974. The topological polar surface area (TPSA) is 210 Å². The first kappa shape index (κ1) is 33.8. The molecule has 0 bridgehead atoms. The second kappa shape index (κ2) is 19.8. The molecule has 1 aromatic carbocycles. The zero-order valence-corrected chi connectivity index (χ0v) is 23.4. The van der Waals surface area contributed by atoms with Gasteiger partial charge in [0.2, 0.25) is 17.7 Å². The van der Waals surface area contributed by atoms with Gasteiger partial charge in [-0.25, -0.2) is 4.99 Å². The Bertz CT molecular complexity index is 888. The number of nitrogens with one attached hydrogen (secondary N) is 4. The van der Waals surface area contributed by atoms with Crippen molar-refractivity contribution in [3.63, 3.8) is 0 Å². The Kier molecular flexibility index (Phi) is 17.2. The molecule has 0 aliphatic heterocycles. The zero-order valence-electron chi connectivity index (χ0n) is 23.4. The average Bonchev–Trinajstić information content (AvgIpc) is 2.88. The number of hydrogen-bond acceptors (Lipinski definition) is 7. The lowest BCUT2D eigenvalue weighted by atomic mass is 10.0. The van der Waals surface area contributed by atoms with Crippen LogP contribution in [0.4, 0.5) is 5.69 Å². The van der Waals surface area contributed by atoms with Crippen molar-refractivity contribution in [3.8, 4) is 0 Å². The lowest BCUT2D eigenvalue weighted by Crippen LogP contribution is -2.49. The second-order valence-electron chi connectivity index (χ2n) is 9.99. The summed E-state index contributed by atoms with van der Waals surface area (Å²) in [6, 6.07) is 5.95. The average molecular weight is 549 g/mol. The molecule has 220 valence electrons. The number of aliphatic imine (C=N–C) groups is 1. The fraction of sp³-hybridized carbons (Fsp3) is 0.630. The van der Waals surface area contributed by atoms with Crippen molar-refractivity contribution in [1.29, 1.82) is 0 Å². The van der Waals surface area contributed by atoms with Gasteiger partial charge in [0.1, 0.15) is 6.04 Å². The highest BCUT2D eigenvalue weighted by molar-refractivity contribution is 5.87. The number of guanidine groups is 1. The third-order valence-corrected chi connectivity index (χ3v) is 5.87. The molecule has 0 aliphatic rings. The predicted octanol–water partition coefficient (Wildman–Crippen LogP) is -0.243. The summed E-state index contributed by atoms with van der Waals surface area (Å²) in [6.45, 7) is 6.19. The van der Waals surface area contributed by atoms with Crippen LogP contribution in [0.25, 0.3) is 0 Å². The van der Waals surface area contributed by atoms with Crippen LogP contribution in [0, 0.1) is 5.92 Å². The van der Waals surface area contributed by atoms with Crippen LogP contribution in [-0.4, -0.2) is 73.7 Å². The Balaban J connectivity index is 2.11. The largest absolute Gasteiger partial charge is 0.394 e. The SMILES string of the molecule is CC(C)C[C@@H](N)C(=O)NCCCNCCCCNC(=O)[C@@H](CO)NC(=O)CCCc1ccc(N=C(N)N)cc1. The number of rotatable bonds is 20. The van der Waals surface area contributed by atoms with Gasteiger partial charge in [-0.1, -0.05) is 26.0 Å². The third-order valence-electron chi connectivity index (χ3n) is 5.87. The zero-order chi connectivity index (χ0) is 29.0. The number of amides is 3. The highest BCUT2D eigenvalue weighted by Gasteiger charge is 2.19. The van der Waals surface area contributed by atoms with Crippen molar-refractivity contribution in [2.75, 3.05) is 32.8 Å². The molecule has 39 heavy (non-hydrogen) atoms. The molecule has 0 unspecified atom stereocenters. The van der Waals surface area contributed by atoms with E-state index < -0.39 is 24.6 Å². The lowest BCUT2D eigenvalue weighted by Gasteiger charge is -2.16. The number of nitrogens with two attached hydrogens (primary N) is 3. The van der Waals surface area contributed by atoms with Gasteiger partial charge in [0.15, 0.2) is 5.96 Å². The van der Waals surface area contributed by atoms with E-state index in [2.05, 4.69) is 26.3 Å². The molecule has 0 saturated heterocycles. The molecular weight excluding hydrogens is 500 g/mol. The Hall–Kier alpha value is -3.22. The molecule has 0 fully saturated rings. The Morgan fingerprint density at radius 1 is 0.897 bits per heavy atom. The van der Waals surface area contributed by atoms with Crippen LogP contribution in [-0.2, 0) is 20.8 Å². The van der Waals surface area contributed by atoms with Gasteiger partial charge in [0.25, 0.3) is 0 Å². The number of hydrogen-bond donors (Lipinski definition) is 8. The normalized spacial score (nSPS) is 12.4. The monoisotopic (exact) mass is 548 g/mol. The smallest absolute Gasteiger partial charge is 0.244 e. The number of aliphatic hydroxyl groups excluding tert-OH is 1. The van der Waals surface area contributed by atoms with E-state index in [1.807, 2.05) is 26.0 Å². The minimum Gasteiger partial charge on any atom is -0.394 e. The van der Waals surface area contributed by atoms with Gasteiger partial charge in [0, 0.05) is 19.5 Å². The Morgan fingerprint density at radius 3 is 2.15 bits per heavy atom. The van der Waals surface area contributed by atoms with Crippen molar-refractivity contribution in [3.05, 3.63) is 29.8 Å². The van der Waals surface area contributed by atoms with Gasteiger partial charge < -0.3 is 43.6 Å².